The number of aliphatic imine (C=N–C) groups is 1. The molecule has 0 atom stereocenters. The van der Waals surface area contributed by atoms with E-state index in [1.807, 2.05) is 0 Å². The van der Waals surface area contributed by atoms with Gasteiger partial charge in [-0.15, -0.1) is 0 Å². The number of amidine groups is 1. The summed E-state index contributed by atoms with van der Waals surface area (Å²) in [5.74, 6) is 1.11. The standard InChI is InChI=1S/C18H34N4/c1-2-3-4-5-6-7-8-9-10-11-12-13-14-15-16-17-20-18(19)22-21-17/h19H,2-16H2,1H3/p+1. The van der Waals surface area contributed by atoms with Gasteiger partial charge in [0.15, 0.2) is 0 Å². The summed E-state index contributed by atoms with van der Waals surface area (Å²) in [7, 11) is 0. The molecule has 0 spiro atoms. The maximum atomic E-state index is 5.44. The van der Waals surface area contributed by atoms with E-state index >= 15 is 0 Å². The second-order valence-electron chi connectivity index (χ2n) is 6.43. The van der Waals surface area contributed by atoms with Crippen LogP contribution >= 0.6 is 0 Å². The van der Waals surface area contributed by atoms with Crippen LogP contribution < -0.4 is 5.41 Å². The van der Waals surface area contributed by atoms with Gasteiger partial charge in [0.25, 0.3) is 0 Å². The quantitative estimate of drug-likeness (QED) is 0.421. The number of hydrogen-bond acceptors (Lipinski definition) is 1. The van der Waals surface area contributed by atoms with Crippen molar-refractivity contribution >= 4 is 11.8 Å². The Morgan fingerprint density at radius 1 is 0.636 bits per heavy atom. The molecule has 0 radical (unpaired) electrons. The van der Waals surface area contributed by atoms with Crippen molar-refractivity contribution in [1.82, 2.24) is 0 Å². The second-order valence-corrected chi connectivity index (χ2v) is 6.43. The highest BCUT2D eigenvalue weighted by Crippen LogP contribution is 2.14. The average Bonchev–Trinajstić information content (AvgIpc) is 2.93. The first-order valence-electron chi connectivity index (χ1n) is 9.44. The van der Waals surface area contributed by atoms with E-state index in [-0.39, 0.29) is 0 Å². The van der Waals surface area contributed by atoms with Gasteiger partial charge in [0.1, 0.15) is 0 Å². The van der Waals surface area contributed by atoms with Gasteiger partial charge in [-0.05, 0) is 16.5 Å². The number of azo groups is 1. The van der Waals surface area contributed by atoms with Crippen molar-refractivity contribution in [2.75, 3.05) is 0 Å². The molecular formula is C18H35N4+. The van der Waals surface area contributed by atoms with Crippen molar-refractivity contribution in [3.8, 4) is 0 Å². The molecule has 0 bridgehead atoms. The lowest BCUT2D eigenvalue weighted by atomic mass is 10.0. The van der Waals surface area contributed by atoms with E-state index in [4.69, 9.17) is 5.41 Å². The van der Waals surface area contributed by atoms with E-state index in [0.717, 1.165) is 18.7 Å². The highest BCUT2D eigenvalue weighted by atomic mass is 15.3. The van der Waals surface area contributed by atoms with Crippen LogP contribution in [-0.4, -0.2) is 11.8 Å². The molecule has 0 amide bonds. The summed E-state index contributed by atoms with van der Waals surface area (Å²) in [5.41, 5.74) is 0. The Bertz CT molecular complexity index is 347. The highest BCUT2D eigenvalue weighted by Gasteiger charge is 2.15. The zero-order chi connectivity index (χ0) is 15.9. The lowest BCUT2D eigenvalue weighted by Crippen LogP contribution is -2.36. The Morgan fingerprint density at radius 2 is 1.09 bits per heavy atom. The number of nitrogens with zero attached hydrogens (tertiary/aromatic N) is 3. The van der Waals surface area contributed by atoms with Gasteiger partial charge < -0.3 is 0 Å². The van der Waals surface area contributed by atoms with Gasteiger partial charge in [0.05, 0.1) is 5.11 Å². The minimum absolute atomic E-state index is 0.306. The van der Waals surface area contributed by atoms with Crippen LogP contribution in [-0.2, 0) is 0 Å². The number of rotatable bonds is 15. The van der Waals surface area contributed by atoms with Crippen molar-refractivity contribution < 1.29 is 5.41 Å². The fourth-order valence-electron chi connectivity index (χ4n) is 2.87. The topological polar surface area (TPSA) is 62.7 Å². The SMILES string of the molecule is CCCCCCCCCCCCCCCCC1=NC(=[NH2+])N=N1. The Morgan fingerprint density at radius 3 is 1.50 bits per heavy atom. The Kier molecular flexibility index (Phi) is 11.7. The first kappa shape index (κ1) is 19.0. The molecule has 4 heteroatoms. The van der Waals surface area contributed by atoms with E-state index in [2.05, 4.69) is 22.1 Å². The fourth-order valence-corrected chi connectivity index (χ4v) is 2.87. The molecule has 0 saturated carbocycles. The van der Waals surface area contributed by atoms with E-state index in [1.54, 1.807) is 0 Å². The number of unbranched alkanes of at least 4 members (excludes halogenated alkanes) is 13. The molecule has 126 valence electrons. The highest BCUT2D eigenvalue weighted by molar-refractivity contribution is 5.98. The minimum atomic E-state index is 0.306. The molecule has 1 aliphatic rings. The predicted octanol–water partition coefficient (Wildman–Crippen LogP) is 4.84. The molecule has 0 aromatic carbocycles. The first-order chi connectivity index (χ1) is 10.8. The Labute approximate surface area is 136 Å². The van der Waals surface area contributed by atoms with E-state index < -0.39 is 0 Å². The summed E-state index contributed by atoms with van der Waals surface area (Å²) < 4.78 is 0. The smallest absolute Gasteiger partial charge is 0.283 e. The lowest BCUT2D eigenvalue weighted by molar-refractivity contribution is -0.116. The van der Waals surface area contributed by atoms with E-state index in [1.165, 1.54) is 83.5 Å². The summed E-state index contributed by atoms with van der Waals surface area (Å²) in [6, 6.07) is 0. The maximum Gasteiger partial charge on any atom is 0.448 e. The Balaban J connectivity index is 1.72. The summed E-state index contributed by atoms with van der Waals surface area (Å²) in [4.78, 5) is 4.07. The lowest BCUT2D eigenvalue weighted by Gasteiger charge is -2.02. The van der Waals surface area contributed by atoms with Crippen LogP contribution in [0.2, 0.25) is 0 Å². The zero-order valence-corrected chi connectivity index (χ0v) is 14.5. The largest absolute Gasteiger partial charge is 0.448 e. The van der Waals surface area contributed by atoms with Crippen LogP contribution in [0.1, 0.15) is 103 Å². The normalized spacial score (nSPS) is 13.9. The molecule has 1 heterocycles. The molecule has 4 nitrogen and oxygen atoms in total. The summed E-state index contributed by atoms with van der Waals surface area (Å²) in [5, 5.41) is 13.1. The van der Waals surface area contributed by atoms with Crippen LogP contribution in [0, 0.1) is 0 Å². The molecule has 2 N–H and O–H groups in total. The number of nitrogens with two attached hydrogens (primary N) is 1. The molecule has 0 aromatic heterocycles. The van der Waals surface area contributed by atoms with Crippen LogP contribution in [0.3, 0.4) is 0 Å². The van der Waals surface area contributed by atoms with Gasteiger partial charge in [-0.3, -0.25) is 5.41 Å². The van der Waals surface area contributed by atoms with Crippen LogP contribution in [0.5, 0.6) is 0 Å². The van der Waals surface area contributed by atoms with Gasteiger partial charge in [-0.2, -0.15) is 0 Å². The third-order valence-corrected chi connectivity index (χ3v) is 4.27. The average molecular weight is 308 g/mol. The van der Waals surface area contributed by atoms with E-state index in [9.17, 15) is 0 Å². The molecular weight excluding hydrogens is 272 g/mol. The van der Waals surface area contributed by atoms with Gasteiger partial charge in [-0.1, -0.05) is 90.4 Å². The van der Waals surface area contributed by atoms with Crippen molar-refractivity contribution in [3.63, 3.8) is 0 Å². The van der Waals surface area contributed by atoms with Crippen LogP contribution in [0.4, 0.5) is 0 Å². The molecule has 0 aromatic rings. The first-order valence-corrected chi connectivity index (χ1v) is 9.44. The van der Waals surface area contributed by atoms with E-state index in [0.29, 0.717) is 5.96 Å². The van der Waals surface area contributed by atoms with Crippen LogP contribution in [0.15, 0.2) is 15.2 Å². The minimum Gasteiger partial charge on any atom is -0.283 e. The van der Waals surface area contributed by atoms with Gasteiger partial charge >= 0.3 is 5.96 Å². The fraction of sp³-hybridized carbons (Fsp3) is 0.889. The van der Waals surface area contributed by atoms with Gasteiger partial charge in [0, 0.05) is 6.42 Å². The molecule has 0 fully saturated rings. The van der Waals surface area contributed by atoms with Crippen molar-refractivity contribution in [3.05, 3.63) is 0 Å². The monoisotopic (exact) mass is 307 g/mol. The van der Waals surface area contributed by atoms with Crippen LogP contribution in [0.25, 0.3) is 0 Å². The summed E-state index contributed by atoms with van der Waals surface area (Å²) in [6.45, 7) is 2.28. The molecule has 0 aliphatic carbocycles. The molecule has 22 heavy (non-hydrogen) atoms. The van der Waals surface area contributed by atoms with Crippen molar-refractivity contribution in [2.45, 2.75) is 103 Å². The third kappa shape index (κ3) is 10.6. The van der Waals surface area contributed by atoms with Gasteiger partial charge in [0.2, 0.25) is 5.84 Å². The van der Waals surface area contributed by atoms with Gasteiger partial charge in [-0.25, -0.2) is 0 Å². The van der Waals surface area contributed by atoms with Crippen molar-refractivity contribution in [1.29, 1.82) is 0 Å². The summed E-state index contributed by atoms with van der Waals surface area (Å²) >= 11 is 0. The molecule has 1 rings (SSSR count). The predicted molar refractivity (Wildman–Crippen MR) is 94.2 cm³/mol. The third-order valence-electron chi connectivity index (χ3n) is 4.27. The summed E-state index contributed by atoms with van der Waals surface area (Å²) in [6.07, 6.45) is 20.3. The zero-order valence-electron chi connectivity index (χ0n) is 14.5. The van der Waals surface area contributed by atoms with Crippen molar-refractivity contribution in [2.24, 2.45) is 15.2 Å². The second kappa shape index (κ2) is 13.6. The molecule has 0 saturated heterocycles. The Hall–Kier alpha value is -1.06. The molecule has 1 aliphatic heterocycles. The number of hydrogen-bond donors (Lipinski definition) is 1. The molecule has 0 unspecified atom stereocenters. The number of guanidine groups is 1. The maximum absolute atomic E-state index is 5.44.